The predicted molar refractivity (Wildman–Crippen MR) is 57.9 cm³/mol. The molecule has 0 aromatic carbocycles. The van der Waals surface area contributed by atoms with Crippen molar-refractivity contribution in [3.63, 3.8) is 0 Å². The molecule has 0 aliphatic rings. The summed E-state index contributed by atoms with van der Waals surface area (Å²) < 4.78 is 0.453. The minimum Gasteiger partial charge on any atom is -0.480 e. The average Bonchev–Trinajstić information content (AvgIpc) is 2.25. The second kappa shape index (κ2) is 5.57. The number of aliphatic carboxylic acids is 1. The maximum atomic E-state index is 11.6. The summed E-state index contributed by atoms with van der Waals surface area (Å²) in [5.41, 5.74) is 0.0715. The minimum atomic E-state index is -1.33. The zero-order valence-corrected chi connectivity index (χ0v) is 9.64. The molecule has 0 fully saturated rings. The summed E-state index contributed by atoms with van der Waals surface area (Å²) >= 11 is 3.11. The van der Waals surface area contributed by atoms with Gasteiger partial charge in [0, 0.05) is 10.7 Å². The molecule has 1 atom stereocenters. The molecular weight excluding hydrogens is 280 g/mol. The summed E-state index contributed by atoms with van der Waals surface area (Å²) in [5.74, 6) is -1.96. The van der Waals surface area contributed by atoms with Crippen LogP contribution in [0.15, 0.2) is 22.8 Å². The van der Waals surface area contributed by atoms with Crippen LogP contribution < -0.4 is 5.32 Å². The van der Waals surface area contributed by atoms with Crippen molar-refractivity contribution in [3.8, 4) is 0 Å². The fourth-order valence-electron chi connectivity index (χ4n) is 0.965. The fourth-order valence-corrected chi connectivity index (χ4v) is 1.40. The highest BCUT2D eigenvalue weighted by molar-refractivity contribution is 9.10. The van der Waals surface area contributed by atoms with Crippen LogP contribution in [0.4, 0.5) is 0 Å². The number of aliphatic hydroxyl groups excluding tert-OH is 1. The number of amides is 1. The van der Waals surface area contributed by atoms with E-state index < -0.39 is 24.5 Å². The summed E-state index contributed by atoms with van der Waals surface area (Å²) in [5, 5.41) is 19.5. The van der Waals surface area contributed by atoms with Gasteiger partial charge in [-0.05, 0) is 28.1 Å². The van der Waals surface area contributed by atoms with E-state index in [4.69, 9.17) is 10.2 Å². The molecule has 16 heavy (non-hydrogen) atoms. The summed E-state index contributed by atoms with van der Waals surface area (Å²) in [6, 6.07) is 1.90. The molecule has 0 bridgehead atoms. The number of nitrogens with one attached hydrogen (secondary N) is 1. The first-order valence-electron chi connectivity index (χ1n) is 4.31. The molecule has 3 N–H and O–H groups in total. The van der Waals surface area contributed by atoms with Gasteiger partial charge in [-0.1, -0.05) is 0 Å². The number of halogens is 1. The van der Waals surface area contributed by atoms with Crippen LogP contribution in [-0.4, -0.2) is 39.7 Å². The molecule has 0 unspecified atom stereocenters. The van der Waals surface area contributed by atoms with E-state index in [-0.39, 0.29) is 5.69 Å². The highest BCUT2D eigenvalue weighted by atomic mass is 79.9. The van der Waals surface area contributed by atoms with Gasteiger partial charge < -0.3 is 15.5 Å². The summed E-state index contributed by atoms with van der Waals surface area (Å²) in [6.07, 6.45) is 1.41. The lowest BCUT2D eigenvalue weighted by molar-refractivity contribution is -0.140. The Hall–Kier alpha value is -1.47. The van der Waals surface area contributed by atoms with Crippen molar-refractivity contribution in [2.75, 3.05) is 6.61 Å². The van der Waals surface area contributed by atoms with Gasteiger partial charge >= 0.3 is 5.97 Å². The van der Waals surface area contributed by atoms with Crippen LogP contribution in [-0.2, 0) is 4.79 Å². The Balaban J connectivity index is 2.80. The maximum absolute atomic E-state index is 11.6. The van der Waals surface area contributed by atoms with Gasteiger partial charge in [-0.15, -0.1) is 0 Å². The highest BCUT2D eigenvalue weighted by Gasteiger charge is 2.21. The van der Waals surface area contributed by atoms with Crippen molar-refractivity contribution in [2.24, 2.45) is 0 Å². The van der Waals surface area contributed by atoms with Gasteiger partial charge in [-0.25, -0.2) is 9.78 Å². The summed E-state index contributed by atoms with van der Waals surface area (Å²) in [7, 11) is 0. The van der Waals surface area contributed by atoms with Crippen LogP contribution in [0.1, 0.15) is 10.5 Å². The molecule has 0 saturated carbocycles. The summed E-state index contributed by atoms with van der Waals surface area (Å²) in [4.78, 5) is 25.9. The normalized spacial score (nSPS) is 11.9. The van der Waals surface area contributed by atoms with E-state index >= 15 is 0 Å². The molecule has 1 heterocycles. The van der Waals surface area contributed by atoms with E-state index in [0.717, 1.165) is 0 Å². The average molecular weight is 289 g/mol. The Labute approximate surface area is 99.4 Å². The molecule has 1 amide bonds. The van der Waals surface area contributed by atoms with Gasteiger partial charge in [0.1, 0.15) is 5.69 Å². The number of pyridine rings is 1. The lowest BCUT2D eigenvalue weighted by Crippen LogP contribution is -2.43. The number of hydrogen-bond acceptors (Lipinski definition) is 4. The number of aliphatic hydroxyl groups is 1. The third-order valence-electron chi connectivity index (χ3n) is 1.76. The predicted octanol–water partition coefficient (Wildman–Crippen LogP) is 0.0194. The van der Waals surface area contributed by atoms with E-state index in [9.17, 15) is 9.59 Å². The second-order valence-corrected chi connectivity index (χ2v) is 3.74. The van der Waals surface area contributed by atoms with Crippen molar-refractivity contribution in [3.05, 3.63) is 28.5 Å². The number of carbonyl (C=O) groups excluding carboxylic acids is 1. The van der Waals surface area contributed by atoms with Crippen LogP contribution in [0.3, 0.4) is 0 Å². The van der Waals surface area contributed by atoms with Crippen LogP contribution in [0.5, 0.6) is 0 Å². The van der Waals surface area contributed by atoms with Crippen molar-refractivity contribution in [2.45, 2.75) is 6.04 Å². The molecule has 0 spiro atoms. The van der Waals surface area contributed by atoms with Gasteiger partial charge in [-0.3, -0.25) is 4.79 Å². The monoisotopic (exact) mass is 288 g/mol. The van der Waals surface area contributed by atoms with E-state index in [0.29, 0.717) is 4.47 Å². The van der Waals surface area contributed by atoms with Crippen molar-refractivity contribution in [1.82, 2.24) is 10.3 Å². The topological polar surface area (TPSA) is 99.5 Å². The summed E-state index contributed by atoms with van der Waals surface area (Å²) in [6.45, 7) is -0.675. The standard InChI is InChI=1S/C9H9BrN2O4/c10-5-2-1-3-11-7(5)8(14)12-6(4-13)9(15)16/h1-3,6,13H,4H2,(H,12,14)(H,15,16)/t6-/m1/s1. The number of nitrogens with zero attached hydrogens (tertiary/aromatic N) is 1. The molecule has 0 aliphatic heterocycles. The van der Waals surface area contributed by atoms with Crippen LogP contribution in [0.25, 0.3) is 0 Å². The van der Waals surface area contributed by atoms with Gasteiger partial charge in [0.25, 0.3) is 5.91 Å². The lowest BCUT2D eigenvalue weighted by Gasteiger charge is -2.11. The SMILES string of the molecule is O=C(N[C@H](CO)C(=O)O)c1ncccc1Br. The Morgan fingerprint density at radius 3 is 2.75 bits per heavy atom. The molecule has 0 radical (unpaired) electrons. The highest BCUT2D eigenvalue weighted by Crippen LogP contribution is 2.12. The Morgan fingerprint density at radius 1 is 1.56 bits per heavy atom. The van der Waals surface area contributed by atoms with Crippen molar-refractivity contribution < 1.29 is 19.8 Å². The largest absolute Gasteiger partial charge is 0.480 e. The number of carboxylic acid groups (broad SMARTS) is 1. The van der Waals surface area contributed by atoms with Crippen LogP contribution in [0, 0.1) is 0 Å². The lowest BCUT2D eigenvalue weighted by atomic mass is 10.3. The molecule has 1 aromatic heterocycles. The first-order valence-corrected chi connectivity index (χ1v) is 5.10. The smallest absolute Gasteiger partial charge is 0.328 e. The fraction of sp³-hybridized carbons (Fsp3) is 0.222. The Kier molecular flexibility index (Phi) is 4.39. The first-order chi connectivity index (χ1) is 7.56. The number of carbonyl (C=O) groups is 2. The first kappa shape index (κ1) is 12.6. The minimum absolute atomic E-state index is 0.0715. The number of hydrogen-bond donors (Lipinski definition) is 3. The van der Waals surface area contributed by atoms with Gasteiger partial charge in [0.15, 0.2) is 6.04 Å². The van der Waals surface area contributed by atoms with Crippen molar-refractivity contribution >= 4 is 27.8 Å². The third-order valence-corrected chi connectivity index (χ3v) is 2.40. The second-order valence-electron chi connectivity index (χ2n) is 2.88. The third kappa shape index (κ3) is 3.01. The zero-order chi connectivity index (χ0) is 12.1. The molecule has 1 aromatic rings. The number of rotatable bonds is 4. The van der Waals surface area contributed by atoms with E-state index in [2.05, 4.69) is 26.2 Å². The molecular formula is C9H9BrN2O4. The zero-order valence-electron chi connectivity index (χ0n) is 8.05. The van der Waals surface area contributed by atoms with Crippen LogP contribution >= 0.6 is 15.9 Å². The molecule has 1 rings (SSSR count). The van der Waals surface area contributed by atoms with E-state index in [1.54, 1.807) is 12.1 Å². The van der Waals surface area contributed by atoms with E-state index in [1.807, 2.05) is 0 Å². The molecule has 6 nitrogen and oxygen atoms in total. The Bertz CT molecular complexity index is 410. The van der Waals surface area contributed by atoms with Crippen LogP contribution in [0.2, 0.25) is 0 Å². The van der Waals surface area contributed by atoms with Gasteiger partial charge in [0.05, 0.1) is 6.61 Å². The molecule has 86 valence electrons. The molecule has 7 heteroatoms. The number of aromatic nitrogens is 1. The van der Waals surface area contributed by atoms with Gasteiger partial charge in [-0.2, -0.15) is 0 Å². The van der Waals surface area contributed by atoms with Gasteiger partial charge in [0.2, 0.25) is 0 Å². The number of carboxylic acids is 1. The Morgan fingerprint density at radius 2 is 2.25 bits per heavy atom. The molecule has 0 aliphatic carbocycles. The maximum Gasteiger partial charge on any atom is 0.328 e. The quantitative estimate of drug-likeness (QED) is 0.725. The van der Waals surface area contributed by atoms with Crippen molar-refractivity contribution in [1.29, 1.82) is 0 Å². The molecule has 0 saturated heterocycles. The van der Waals surface area contributed by atoms with E-state index in [1.165, 1.54) is 6.20 Å².